The number of nitro groups is 1. The first kappa shape index (κ1) is 15.3. The molecule has 112 valence electrons. The third-order valence-corrected chi connectivity index (χ3v) is 4.16. The third kappa shape index (κ3) is 3.94. The minimum absolute atomic E-state index is 0.0195. The SMILES string of the molecule is CC(Sc1ccc([N+](=O)[O-])cc1)C(=O)N1CCNC(=O)C1. The number of benzene rings is 1. The number of carbonyl (C=O) groups excluding carboxylic acids is 2. The molecular formula is C13H15N3O4S. The van der Waals surface area contributed by atoms with E-state index in [0.29, 0.717) is 13.1 Å². The van der Waals surface area contributed by atoms with Crippen LogP contribution in [0, 0.1) is 10.1 Å². The summed E-state index contributed by atoms with van der Waals surface area (Å²) in [6.07, 6.45) is 0. The predicted molar refractivity (Wildman–Crippen MR) is 78.0 cm³/mol. The zero-order valence-corrected chi connectivity index (χ0v) is 12.3. The summed E-state index contributed by atoms with van der Waals surface area (Å²) in [5.41, 5.74) is 0.0195. The van der Waals surface area contributed by atoms with Gasteiger partial charge in [-0.1, -0.05) is 0 Å². The van der Waals surface area contributed by atoms with Crippen molar-refractivity contribution >= 4 is 29.3 Å². The fourth-order valence-corrected chi connectivity index (χ4v) is 2.94. The van der Waals surface area contributed by atoms with Crippen molar-refractivity contribution in [1.82, 2.24) is 10.2 Å². The number of thioether (sulfide) groups is 1. The Kier molecular flexibility index (Phi) is 4.79. The number of amides is 2. The number of nitro benzene ring substituents is 1. The molecule has 1 heterocycles. The maximum absolute atomic E-state index is 12.2. The van der Waals surface area contributed by atoms with Crippen molar-refractivity contribution in [1.29, 1.82) is 0 Å². The lowest BCUT2D eigenvalue weighted by atomic mass is 10.3. The van der Waals surface area contributed by atoms with E-state index in [2.05, 4.69) is 5.32 Å². The van der Waals surface area contributed by atoms with Crippen LogP contribution >= 0.6 is 11.8 Å². The molecular weight excluding hydrogens is 294 g/mol. The molecule has 0 aliphatic carbocycles. The Morgan fingerprint density at radius 1 is 1.43 bits per heavy atom. The Balaban J connectivity index is 1.96. The monoisotopic (exact) mass is 309 g/mol. The number of hydrogen-bond donors (Lipinski definition) is 1. The molecule has 8 heteroatoms. The average Bonchev–Trinajstić information content (AvgIpc) is 2.47. The van der Waals surface area contributed by atoms with Crippen LogP contribution < -0.4 is 5.32 Å². The molecule has 1 fully saturated rings. The maximum atomic E-state index is 12.2. The van der Waals surface area contributed by atoms with Gasteiger partial charge in [0.15, 0.2) is 0 Å². The van der Waals surface area contributed by atoms with Crippen LogP contribution in [0.25, 0.3) is 0 Å². The van der Waals surface area contributed by atoms with E-state index in [1.54, 1.807) is 19.1 Å². The summed E-state index contributed by atoms with van der Waals surface area (Å²) in [5, 5.41) is 12.9. The van der Waals surface area contributed by atoms with Gasteiger partial charge in [0.05, 0.1) is 16.7 Å². The first-order chi connectivity index (χ1) is 9.97. The second-order valence-electron chi connectivity index (χ2n) is 4.62. The van der Waals surface area contributed by atoms with E-state index in [0.717, 1.165) is 4.90 Å². The van der Waals surface area contributed by atoms with Crippen LogP contribution in [0.4, 0.5) is 5.69 Å². The van der Waals surface area contributed by atoms with Crippen molar-refractivity contribution in [2.24, 2.45) is 0 Å². The zero-order chi connectivity index (χ0) is 15.4. The Bertz CT molecular complexity index is 561. The van der Waals surface area contributed by atoms with Crippen LogP contribution in [0.2, 0.25) is 0 Å². The van der Waals surface area contributed by atoms with Crippen molar-refractivity contribution < 1.29 is 14.5 Å². The van der Waals surface area contributed by atoms with E-state index in [4.69, 9.17) is 0 Å². The quantitative estimate of drug-likeness (QED) is 0.509. The molecule has 1 atom stereocenters. The number of piperazine rings is 1. The molecule has 1 aliphatic rings. The molecule has 1 aliphatic heterocycles. The summed E-state index contributed by atoms with van der Waals surface area (Å²) in [6.45, 7) is 2.83. The van der Waals surface area contributed by atoms with Gasteiger partial charge in [-0.2, -0.15) is 0 Å². The van der Waals surface area contributed by atoms with Crippen LogP contribution in [-0.4, -0.2) is 46.5 Å². The molecule has 0 bridgehead atoms. The van der Waals surface area contributed by atoms with Gasteiger partial charge in [-0.25, -0.2) is 0 Å². The Morgan fingerprint density at radius 3 is 2.67 bits per heavy atom. The molecule has 2 rings (SSSR count). The van der Waals surface area contributed by atoms with E-state index < -0.39 is 4.92 Å². The highest BCUT2D eigenvalue weighted by Gasteiger charge is 2.25. The molecule has 1 N–H and O–H groups in total. The number of hydrogen-bond acceptors (Lipinski definition) is 5. The number of carbonyl (C=O) groups is 2. The maximum Gasteiger partial charge on any atom is 0.269 e. The first-order valence-electron chi connectivity index (χ1n) is 6.44. The molecule has 2 amide bonds. The summed E-state index contributed by atoms with van der Waals surface area (Å²) >= 11 is 1.32. The summed E-state index contributed by atoms with van der Waals surface area (Å²) in [5.74, 6) is -0.254. The van der Waals surface area contributed by atoms with E-state index in [9.17, 15) is 19.7 Å². The van der Waals surface area contributed by atoms with E-state index in [-0.39, 0.29) is 29.3 Å². The molecule has 0 saturated carbocycles. The van der Waals surface area contributed by atoms with Crippen LogP contribution in [-0.2, 0) is 9.59 Å². The van der Waals surface area contributed by atoms with Gasteiger partial charge in [0.2, 0.25) is 11.8 Å². The Hall–Kier alpha value is -2.09. The lowest BCUT2D eigenvalue weighted by molar-refractivity contribution is -0.384. The number of nitrogens with one attached hydrogen (secondary N) is 1. The van der Waals surface area contributed by atoms with Crippen molar-refractivity contribution in [2.75, 3.05) is 19.6 Å². The standard InChI is InChI=1S/C13H15N3O4S/c1-9(13(18)15-7-6-14-12(17)8-15)21-11-4-2-10(3-5-11)16(19)20/h2-5,9H,6-8H2,1H3,(H,14,17). The van der Waals surface area contributed by atoms with Gasteiger partial charge >= 0.3 is 0 Å². The third-order valence-electron chi connectivity index (χ3n) is 3.06. The van der Waals surface area contributed by atoms with E-state index >= 15 is 0 Å². The molecule has 1 aromatic rings. The summed E-state index contributed by atoms with van der Waals surface area (Å²) in [6, 6.07) is 6.06. The summed E-state index contributed by atoms with van der Waals surface area (Å²) in [4.78, 5) is 36.0. The van der Waals surface area contributed by atoms with Crippen LogP contribution in [0.5, 0.6) is 0 Å². The number of non-ortho nitro benzene ring substituents is 1. The highest BCUT2D eigenvalue weighted by atomic mass is 32.2. The largest absolute Gasteiger partial charge is 0.353 e. The van der Waals surface area contributed by atoms with Crippen LogP contribution in [0.3, 0.4) is 0 Å². The lowest BCUT2D eigenvalue weighted by Gasteiger charge is -2.28. The van der Waals surface area contributed by atoms with Crippen molar-refractivity contribution in [2.45, 2.75) is 17.1 Å². The lowest BCUT2D eigenvalue weighted by Crippen LogP contribution is -2.51. The molecule has 21 heavy (non-hydrogen) atoms. The Labute approximate surface area is 125 Å². The minimum Gasteiger partial charge on any atom is -0.353 e. The smallest absolute Gasteiger partial charge is 0.269 e. The highest BCUT2D eigenvalue weighted by molar-refractivity contribution is 8.00. The molecule has 0 radical (unpaired) electrons. The normalized spacial score (nSPS) is 16.2. The zero-order valence-electron chi connectivity index (χ0n) is 11.4. The number of nitrogens with zero attached hydrogens (tertiary/aromatic N) is 2. The minimum atomic E-state index is -0.463. The molecule has 1 unspecified atom stereocenters. The average molecular weight is 309 g/mol. The summed E-state index contributed by atoms with van der Waals surface area (Å²) < 4.78 is 0. The van der Waals surface area contributed by atoms with Crippen molar-refractivity contribution in [3.05, 3.63) is 34.4 Å². The summed E-state index contributed by atoms with van der Waals surface area (Å²) in [7, 11) is 0. The molecule has 1 saturated heterocycles. The van der Waals surface area contributed by atoms with Crippen LogP contribution in [0.15, 0.2) is 29.2 Å². The van der Waals surface area contributed by atoms with E-state index in [1.807, 2.05) is 0 Å². The molecule has 7 nitrogen and oxygen atoms in total. The van der Waals surface area contributed by atoms with Crippen LogP contribution in [0.1, 0.15) is 6.92 Å². The molecule has 0 spiro atoms. The van der Waals surface area contributed by atoms with Gasteiger partial charge < -0.3 is 10.2 Å². The van der Waals surface area contributed by atoms with Gasteiger partial charge in [-0.05, 0) is 19.1 Å². The van der Waals surface area contributed by atoms with Crippen molar-refractivity contribution in [3.63, 3.8) is 0 Å². The highest BCUT2D eigenvalue weighted by Crippen LogP contribution is 2.26. The topological polar surface area (TPSA) is 92.6 Å². The fourth-order valence-electron chi connectivity index (χ4n) is 1.98. The predicted octanol–water partition coefficient (Wildman–Crippen LogP) is 1.03. The van der Waals surface area contributed by atoms with Gasteiger partial charge in [0.25, 0.3) is 5.69 Å². The molecule has 0 aromatic heterocycles. The second kappa shape index (κ2) is 6.57. The van der Waals surface area contributed by atoms with Gasteiger partial charge in [0.1, 0.15) is 0 Å². The van der Waals surface area contributed by atoms with Gasteiger partial charge in [-0.15, -0.1) is 11.8 Å². The number of rotatable bonds is 4. The second-order valence-corrected chi connectivity index (χ2v) is 6.04. The van der Waals surface area contributed by atoms with Crippen molar-refractivity contribution in [3.8, 4) is 0 Å². The van der Waals surface area contributed by atoms with E-state index in [1.165, 1.54) is 28.8 Å². The fraction of sp³-hybridized carbons (Fsp3) is 0.385. The molecule has 1 aromatic carbocycles. The first-order valence-corrected chi connectivity index (χ1v) is 7.32. The van der Waals surface area contributed by atoms with Gasteiger partial charge in [-0.3, -0.25) is 19.7 Å². The Morgan fingerprint density at radius 2 is 2.10 bits per heavy atom. The van der Waals surface area contributed by atoms with Gasteiger partial charge in [0, 0.05) is 30.1 Å².